The minimum Gasteiger partial charge on any atom is -0.497 e. The van der Waals surface area contributed by atoms with Gasteiger partial charge in [0, 0.05) is 45.0 Å². The fourth-order valence-corrected chi connectivity index (χ4v) is 3.56. The number of primary amides is 1. The molecule has 3 N–H and O–H groups in total. The fraction of sp³-hybridized carbons (Fsp3) is 0.400. The number of nitrogens with two attached hydrogens (primary N) is 1. The lowest BCUT2D eigenvalue weighted by Gasteiger charge is -2.42. The molecule has 2 aromatic rings. The summed E-state index contributed by atoms with van der Waals surface area (Å²) in [5.74, 6) is 0.981. The Hall–Kier alpha value is -2.64. The van der Waals surface area contributed by atoms with Gasteiger partial charge in [-0.2, -0.15) is 0 Å². The number of carbonyl (C=O) groups is 1. The molecule has 27 heavy (non-hydrogen) atoms. The quantitative estimate of drug-likeness (QED) is 0.762. The van der Waals surface area contributed by atoms with Crippen molar-refractivity contribution in [3.05, 3.63) is 53.7 Å². The van der Waals surface area contributed by atoms with Gasteiger partial charge < -0.3 is 20.5 Å². The lowest BCUT2D eigenvalue weighted by atomic mass is 10.1. The zero-order chi connectivity index (χ0) is 19.2. The largest absolute Gasteiger partial charge is 0.497 e. The number of anilines is 1. The first-order chi connectivity index (χ1) is 13.1. The number of rotatable bonds is 7. The van der Waals surface area contributed by atoms with E-state index in [-0.39, 0.29) is 12.6 Å². The van der Waals surface area contributed by atoms with E-state index in [0.29, 0.717) is 24.3 Å². The number of benzene rings is 1. The molecule has 1 fully saturated rings. The standard InChI is InChI=1S/C20H26N4O3/c1-27-17-5-2-4-15(12-17)13-23-9-10-24(14-16(23)7-11-25)20-18(19(21)26)6-3-8-22-20/h2-6,8,12,16,25H,7,9-11,13-14H2,1H3,(H2,21,26). The number of ether oxygens (including phenoxy) is 1. The predicted molar refractivity (Wildman–Crippen MR) is 104 cm³/mol. The third-order valence-electron chi connectivity index (χ3n) is 4.94. The van der Waals surface area contributed by atoms with Gasteiger partial charge in [-0.3, -0.25) is 9.69 Å². The number of nitrogens with zero attached hydrogens (tertiary/aromatic N) is 3. The van der Waals surface area contributed by atoms with Gasteiger partial charge >= 0.3 is 0 Å². The summed E-state index contributed by atoms with van der Waals surface area (Å²) >= 11 is 0. The van der Waals surface area contributed by atoms with Crippen LogP contribution in [0.25, 0.3) is 0 Å². The minimum atomic E-state index is -0.476. The summed E-state index contributed by atoms with van der Waals surface area (Å²) in [6.45, 7) is 3.11. The predicted octanol–water partition coefficient (Wildman–Crippen LogP) is 1.26. The number of amides is 1. The fourth-order valence-electron chi connectivity index (χ4n) is 3.56. The average molecular weight is 370 g/mol. The zero-order valence-electron chi connectivity index (χ0n) is 15.5. The molecule has 1 aliphatic rings. The Labute approximate surface area is 159 Å². The van der Waals surface area contributed by atoms with Gasteiger partial charge in [-0.05, 0) is 36.2 Å². The molecule has 0 aliphatic carbocycles. The van der Waals surface area contributed by atoms with Crippen LogP contribution in [0.2, 0.25) is 0 Å². The van der Waals surface area contributed by atoms with E-state index in [4.69, 9.17) is 10.5 Å². The van der Waals surface area contributed by atoms with Gasteiger partial charge in [-0.1, -0.05) is 12.1 Å². The average Bonchev–Trinajstić information content (AvgIpc) is 2.69. The number of aromatic nitrogens is 1. The molecule has 1 unspecified atom stereocenters. The number of carbonyl (C=O) groups excluding carboxylic acids is 1. The molecule has 1 aliphatic heterocycles. The van der Waals surface area contributed by atoms with Crippen molar-refractivity contribution in [2.75, 3.05) is 38.3 Å². The van der Waals surface area contributed by atoms with E-state index in [2.05, 4.69) is 20.9 Å². The molecule has 0 saturated carbocycles. The van der Waals surface area contributed by atoms with Crippen LogP contribution in [0.4, 0.5) is 5.82 Å². The van der Waals surface area contributed by atoms with Crippen LogP contribution < -0.4 is 15.4 Å². The number of pyridine rings is 1. The Kier molecular flexibility index (Phi) is 6.26. The second-order valence-corrected chi connectivity index (χ2v) is 6.67. The van der Waals surface area contributed by atoms with Crippen molar-refractivity contribution < 1.29 is 14.6 Å². The van der Waals surface area contributed by atoms with Crippen molar-refractivity contribution in [1.82, 2.24) is 9.88 Å². The molecule has 0 radical (unpaired) electrons. The molecule has 1 atom stereocenters. The van der Waals surface area contributed by atoms with Gasteiger partial charge in [-0.15, -0.1) is 0 Å². The molecule has 1 saturated heterocycles. The van der Waals surface area contributed by atoms with Crippen LogP contribution in [0.15, 0.2) is 42.6 Å². The van der Waals surface area contributed by atoms with Crippen molar-refractivity contribution >= 4 is 11.7 Å². The van der Waals surface area contributed by atoms with Crippen molar-refractivity contribution in [1.29, 1.82) is 0 Å². The Balaban J connectivity index is 1.76. The van der Waals surface area contributed by atoms with Crippen LogP contribution in [0.5, 0.6) is 5.75 Å². The van der Waals surface area contributed by atoms with Gasteiger partial charge in [0.15, 0.2) is 0 Å². The van der Waals surface area contributed by atoms with E-state index in [9.17, 15) is 9.90 Å². The molecule has 0 spiro atoms. The number of hydrogen-bond acceptors (Lipinski definition) is 6. The normalized spacial score (nSPS) is 17.7. The Morgan fingerprint density at radius 2 is 2.19 bits per heavy atom. The van der Waals surface area contributed by atoms with E-state index in [1.54, 1.807) is 25.4 Å². The van der Waals surface area contributed by atoms with E-state index in [0.717, 1.165) is 25.4 Å². The lowest BCUT2D eigenvalue weighted by molar-refractivity contribution is 0.0999. The number of hydrogen-bond donors (Lipinski definition) is 2. The summed E-state index contributed by atoms with van der Waals surface area (Å²) in [5.41, 5.74) is 7.10. The van der Waals surface area contributed by atoms with Crippen molar-refractivity contribution in [3.8, 4) is 5.75 Å². The highest BCUT2D eigenvalue weighted by atomic mass is 16.5. The zero-order valence-corrected chi connectivity index (χ0v) is 15.5. The summed E-state index contributed by atoms with van der Waals surface area (Å²) in [7, 11) is 1.66. The molecule has 0 bridgehead atoms. The summed E-state index contributed by atoms with van der Waals surface area (Å²) in [6.07, 6.45) is 2.32. The maximum Gasteiger partial charge on any atom is 0.252 e. The Bertz CT molecular complexity index is 783. The monoisotopic (exact) mass is 370 g/mol. The smallest absolute Gasteiger partial charge is 0.252 e. The Morgan fingerprint density at radius 1 is 1.33 bits per heavy atom. The topological polar surface area (TPSA) is 91.9 Å². The van der Waals surface area contributed by atoms with Gasteiger partial charge in [0.1, 0.15) is 11.6 Å². The van der Waals surface area contributed by atoms with Crippen LogP contribution in [0.3, 0.4) is 0 Å². The van der Waals surface area contributed by atoms with Crippen LogP contribution in [0, 0.1) is 0 Å². The van der Waals surface area contributed by atoms with Crippen LogP contribution in [-0.4, -0.2) is 60.3 Å². The molecule has 1 aromatic heterocycles. The summed E-state index contributed by atoms with van der Waals surface area (Å²) in [4.78, 5) is 20.5. The Morgan fingerprint density at radius 3 is 2.93 bits per heavy atom. The van der Waals surface area contributed by atoms with Gasteiger partial charge in [0.25, 0.3) is 5.91 Å². The highest BCUT2D eigenvalue weighted by Crippen LogP contribution is 2.24. The number of aliphatic hydroxyl groups excluding tert-OH is 1. The molecule has 7 heteroatoms. The van der Waals surface area contributed by atoms with Gasteiger partial charge in [-0.25, -0.2) is 4.98 Å². The SMILES string of the molecule is COc1cccc(CN2CCN(c3ncccc3C(N)=O)CC2CCO)c1. The van der Waals surface area contributed by atoms with Crippen LogP contribution in [0.1, 0.15) is 22.3 Å². The molecular formula is C20H26N4O3. The molecule has 3 rings (SSSR count). The van der Waals surface area contributed by atoms with Crippen LogP contribution >= 0.6 is 0 Å². The number of aliphatic hydroxyl groups is 1. The molecular weight excluding hydrogens is 344 g/mol. The third kappa shape index (κ3) is 4.56. The van der Waals surface area contributed by atoms with E-state index >= 15 is 0 Å². The van der Waals surface area contributed by atoms with Crippen molar-refractivity contribution in [2.45, 2.75) is 19.0 Å². The third-order valence-corrected chi connectivity index (χ3v) is 4.94. The molecule has 1 aromatic carbocycles. The number of piperazine rings is 1. The number of methoxy groups -OCH3 is 1. The van der Waals surface area contributed by atoms with Crippen molar-refractivity contribution in [2.24, 2.45) is 5.73 Å². The first kappa shape index (κ1) is 19.1. The van der Waals surface area contributed by atoms with E-state index < -0.39 is 5.91 Å². The molecule has 7 nitrogen and oxygen atoms in total. The van der Waals surface area contributed by atoms with Gasteiger partial charge in [0.2, 0.25) is 0 Å². The summed E-state index contributed by atoms with van der Waals surface area (Å²) < 4.78 is 5.31. The van der Waals surface area contributed by atoms with E-state index in [1.165, 1.54) is 5.56 Å². The summed E-state index contributed by atoms with van der Waals surface area (Å²) in [6, 6.07) is 11.6. The minimum absolute atomic E-state index is 0.109. The first-order valence-corrected chi connectivity index (χ1v) is 9.10. The second-order valence-electron chi connectivity index (χ2n) is 6.67. The highest BCUT2D eigenvalue weighted by molar-refractivity contribution is 5.97. The molecule has 1 amide bonds. The summed E-state index contributed by atoms with van der Waals surface area (Å²) in [5, 5.41) is 9.53. The van der Waals surface area contributed by atoms with Crippen molar-refractivity contribution in [3.63, 3.8) is 0 Å². The molecule has 2 heterocycles. The van der Waals surface area contributed by atoms with E-state index in [1.807, 2.05) is 18.2 Å². The van der Waals surface area contributed by atoms with Gasteiger partial charge in [0.05, 0.1) is 12.7 Å². The second kappa shape index (κ2) is 8.83. The first-order valence-electron chi connectivity index (χ1n) is 9.10. The maximum atomic E-state index is 11.7. The maximum absolute atomic E-state index is 11.7. The highest BCUT2D eigenvalue weighted by Gasteiger charge is 2.29. The molecule has 144 valence electrons. The van der Waals surface area contributed by atoms with Crippen LogP contribution in [-0.2, 0) is 6.54 Å². The lowest BCUT2D eigenvalue weighted by Crippen LogP contribution is -2.53.